The van der Waals surface area contributed by atoms with E-state index in [0.29, 0.717) is 6.08 Å². The number of carbonyl (C=O) groups is 3. The van der Waals surface area contributed by atoms with E-state index in [1.54, 1.807) is 0 Å². The fourth-order valence-corrected chi connectivity index (χ4v) is 5.68. The Balaban J connectivity index is 0.00000337. The van der Waals surface area contributed by atoms with Crippen molar-refractivity contribution < 1.29 is 120 Å². The van der Waals surface area contributed by atoms with Gasteiger partial charge in [-0.15, -0.1) is 0 Å². The molecule has 0 spiro atoms. The number of carbonyl (C=O) groups excluding carboxylic acids is 1. The maximum Gasteiger partial charge on any atom is 1.00 e. The van der Waals surface area contributed by atoms with Crippen LogP contribution in [0.15, 0.2) is 52.3 Å². The van der Waals surface area contributed by atoms with E-state index in [-0.39, 0.29) is 98.1 Å². The minimum Gasteiger partial charge on any atom is -0.872 e. The standard InChI is InChI=1S/C27H20O13S2.2Na/c1-11-5-14(8-18(23(11)28)26(31)32)21(15-6-12(2)24(29)19(9-15)27(33)34)22-17-4-3-16(41(35,36)37)7-13(17)10-20(25(22)30)42(38,39)40;;/h3-10,28-29H,1-2H3,(H,31,32)(H,33,34)(H,35,36,37)(H,38,39,40);;/q;2*+1/p-2. The number of benzene rings is 3. The number of hydrogen-bond donors (Lipinski definition) is 4. The van der Waals surface area contributed by atoms with Crippen molar-refractivity contribution in [3.8, 4) is 11.5 Å². The largest absolute Gasteiger partial charge is 1.00 e. The minimum atomic E-state index is -5.29. The molecule has 17 heteroatoms. The average molecular weight is 661 g/mol. The Bertz CT molecular complexity index is 1970. The number of Topliss-reactive ketones (excluding diaryl/α,β-unsaturated/α-hetero) is 1. The second kappa shape index (κ2) is 13.3. The van der Waals surface area contributed by atoms with E-state index in [9.17, 15) is 60.8 Å². The third-order valence-corrected chi connectivity index (χ3v) is 8.15. The van der Waals surface area contributed by atoms with Gasteiger partial charge in [-0.3, -0.25) is 13.9 Å². The molecule has 0 heterocycles. The molecule has 0 aliphatic heterocycles. The Morgan fingerprint density at radius 3 is 1.57 bits per heavy atom. The first kappa shape index (κ1) is 37.4. The number of carboxylic acids is 2. The molecular weight excluding hydrogens is 642 g/mol. The van der Waals surface area contributed by atoms with Crippen LogP contribution in [0.3, 0.4) is 0 Å². The number of ketones is 1. The smallest absolute Gasteiger partial charge is 0.872 e. The Hall–Kier alpha value is -2.83. The summed E-state index contributed by atoms with van der Waals surface area (Å²) in [5.74, 6) is -6.45. The van der Waals surface area contributed by atoms with Gasteiger partial charge in [-0.2, -0.15) is 16.8 Å². The number of hydrogen-bond acceptors (Lipinski definition) is 9. The SMILES string of the molecule is Cc1cc(C(=C2C(=O)C(S(=O)(=O)O)=Cc3cc(S(=O)(=O)O)ccc32)c2cc(C)c([O-])c(C(=O)O)c2)cc(C(=O)O)c1[O-].[Na+].[Na+]. The van der Waals surface area contributed by atoms with Crippen molar-refractivity contribution in [2.45, 2.75) is 18.7 Å². The number of aryl methyl sites for hydroxylation is 2. The quantitative estimate of drug-likeness (QED) is 0.112. The van der Waals surface area contributed by atoms with E-state index in [4.69, 9.17) is 0 Å². The zero-order valence-electron chi connectivity index (χ0n) is 23.4. The summed E-state index contributed by atoms with van der Waals surface area (Å²) in [4.78, 5) is 35.6. The first-order chi connectivity index (χ1) is 19.3. The maximum atomic E-state index is 13.8. The Kier molecular flexibility index (Phi) is 11.3. The number of aromatic carboxylic acids is 2. The molecule has 0 saturated carbocycles. The maximum absolute atomic E-state index is 13.8. The van der Waals surface area contributed by atoms with Crippen molar-refractivity contribution in [2.75, 3.05) is 0 Å². The summed E-state index contributed by atoms with van der Waals surface area (Å²) in [5.41, 5.74) is -3.54. The van der Waals surface area contributed by atoms with Gasteiger partial charge in [0.25, 0.3) is 20.2 Å². The van der Waals surface area contributed by atoms with Crippen molar-refractivity contribution in [2.24, 2.45) is 0 Å². The molecule has 0 atom stereocenters. The predicted octanol–water partition coefficient (Wildman–Crippen LogP) is -4.13. The Labute approximate surface area is 294 Å². The minimum absolute atomic E-state index is 0. The van der Waals surface area contributed by atoms with Crippen LogP contribution < -0.4 is 69.3 Å². The van der Waals surface area contributed by atoms with E-state index < -0.39 is 76.0 Å². The van der Waals surface area contributed by atoms with Crippen LogP contribution in [0.1, 0.15) is 54.1 Å². The molecule has 0 unspecified atom stereocenters. The topological polar surface area (TPSA) is 247 Å². The van der Waals surface area contributed by atoms with E-state index >= 15 is 0 Å². The fourth-order valence-electron chi connectivity index (χ4n) is 4.55. The van der Waals surface area contributed by atoms with Crippen molar-refractivity contribution in [3.63, 3.8) is 0 Å². The first-order valence-electron chi connectivity index (χ1n) is 11.5. The second-order valence-electron chi connectivity index (χ2n) is 9.24. The van der Waals surface area contributed by atoms with Gasteiger partial charge in [-0.05, 0) is 66.4 Å². The fraction of sp³-hybridized carbons (Fsp3) is 0.0741. The van der Waals surface area contributed by atoms with E-state index in [0.717, 1.165) is 42.5 Å². The molecule has 1 aliphatic carbocycles. The van der Waals surface area contributed by atoms with Crippen LogP contribution in [0.25, 0.3) is 17.2 Å². The third kappa shape index (κ3) is 7.02. The number of fused-ring (bicyclic) bond motifs is 1. The monoisotopic (exact) mass is 660 g/mol. The van der Waals surface area contributed by atoms with Crippen LogP contribution in [0.5, 0.6) is 11.5 Å². The van der Waals surface area contributed by atoms with Crippen LogP contribution in [-0.2, 0) is 25.0 Å². The molecule has 0 aromatic heterocycles. The zero-order valence-corrected chi connectivity index (χ0v) is 29.0. The van der Waals surface area contributed by atoms with Crippen molar-refractivity contribution in [1.82, 2.24) is 0 Å². The summed E-state index contributed by atoms with van der Waals surface area (Å²) in [6, 6.07) is 6.77. The molecule has 218 valence electrons. The Morgan fingerprint density at radius 1 is 0.727 bits per heavy atom. The molecule has 1 aliphatic rings. The van der Waals surface area contributed by atoms with Crippen LogP contribution in [0.4, 0.5) is 0 Å². The molecule has 3 aromatic rings. The van der Waals surface area contributed by atoms with Gasteiger partial charge in [0.05, 0.1) is 16.0 Å². The molecule has 4 N–H and O–H groups in total. The molecule has 0 fully saturated rings. The van der Waals surface area contributed by atoms with Crippen LogP contribution >= 0.6 is 0 Å². The van der Waals surface area contributed by atoms with Crippen LogP contribution in [0.2, 0.25) is 0 Å². The number of carboxylic acid groups (broad SMARTS) is 2. The number of allylic oxidation sites excluding steroid dienone is 2. The average Bonchev–Trinajstić information content (AvgIpc) is 2.87. The van der Waals surface area contributed by atoms with Gasteiger partial charge in [0.15, 0.2) is 0 Å². The first-order valence-corrected chi connectivity index (χ1v) is 14.4. The number of rotatable bonds is 6. The van der Waals surface area contributed by atoms with Gasteiger partial charge in [0.1, 0.15) is 4.91 Å². The van der Waals surface area contributed by atoms with E-state index in [1.165, 1.54) is 13.8 Å². The van der Waals surface area contributed by atoms with Crippen LogP contribution in [0, 0.1) is 13.8 Å². The van der Waals surface area contributed by atoms with Gasteiger partial charge in [-0.1, -0.05) is 40.8 Å². The molecule has 44 heavy (non-hydrogen) atoms. The molecule has 13 nitrogen and oxygen atoms in total. The van der Waals surface area contributed by atoms with Gasteiger partial charge >= 0.3 is 71.1 Å². The molecular formula is C27H18Na2O13S2. The normalized spacial score (nSPS) is 12.8. The van der Waals surface area contributed by atoms with E-state index in [2.05, 4.69) is 0 Å². The van der Waals surface area contributed by atoms with Crippen molar-refractivity contribution >= 4 is 55.2 Å². The van der Waals surface area contributed by atoms with Gasteiger partial charge in [0.2, 0.25) is 5.78 Å². The van der Waals surface area contributed by atoms with E-state index in [1.807, 2.05) is 0 Å². The zero-order chi connectivity index (χ0) is 31.5. The molecule has 0 radical (unpaired) electrons. The summed E-state index contributed by atoms with van der Waals surface area (Å²) < 4.78 is 67.4. The molecule has 0 bridgehead atoms. The van der Waals surface area contributed by atoms with Crippen LogP contribution in [-0.4, -0.2) is 53.9 Å². The van der Waals surface area contributed by atoms with Gasteiger partial charge < -0.3 is 20.4 Å². The summed E-state index contributed by atoms with van der Waals surface area (Å²) >= 11 is 0. The second-order valence-corrected chi connectivity index (χ2v) is 12.0. The molecule has 4 rings (SSSR count). The van der Waals surface area contributed by atoms with Gasteiger partial charge in [0, 0.05) is 11.1 Å². The third-order valence-electron chi connectivity index (χ3n) is 6.44. The molecule has 0 amide bonds. The van der Waals surface area contributed by atoms with Gasteiger partial charge in [-0.25, -0.2) is 9.59 Å². The summed E-state index contributed by atoms with van der Waals surface area (Å²) in [6.45, 7) is 2.52. The molecule has 0 saturated heterocycles. The summed E-state index contributed by atoms with van der Waals surface area (Å²) in [6.07, 6.45) is 0.659. The van der Waals surface area contributed by atoms with Crippen molar-refractivity contribution in [1.29, 1.82) is 0 Å². The molecule has 3 aromatic carbocycles. The summed E-state index contributed by atoms with van der Waals surface area (Å²) in [5, 5.41) is 44.3. The Morgan fingerprint density at radius 2 is 1.18 bits per heavy atom. The van der Waals surface area contributed by atoms with Crippen molar-refractivity contribution in [3.05, 3.63) is 91.9 Å². The summed E-state index contributed by atoms with van der Waals surface area (Å²) in [7, 11) is -10.1. The predicted molar refractivity (Wildman–Crippen MR) is 142 cm³/mol.